The first kappa shape index (κ1) is 22.7. The van der Waals surface area contributed by atoms with Gasteiger partial charge in [0.05, 0.1) is 11.1 Å². The number of hydrazine groups is 1. The summed E-state index contributed by atoms with van der Waals surface area (Å²) < 4.78 is 38.0. The number of aliphatic hydroxyl groups is 1. The van der Waals surface area contributed by atoms with E-state index in [2.05, 4.69) is 5.43 Å². The maximum Gasteiger partial charge on any atom is 0.418 e. The molecule has 1 aliphatic carbocycles. The van der Waals surface area contributed by atoms with Gasteiger partial charge in [-0.25, -0.2) is 10.4 Å². The van der Waals surface area contributed by atoms with Crippen molar-refractivity contribution in [2.75, 3.05) is 11.6 Å². The van der Waals surface area contributed by atoms with Crippen molar-refractivity contribution in [3.05, 3.63) is 29.8 Å². The quantitative estimate of drug-likeness (QED) is 0.753. The summed E-state index contributed by atoms with van der Waals surface area (Å²) in [4.78, 5) is 25.6. The maximum atomic E-state index is 13.1. The van der Waals surface area contributed by atoms with Crippen molar-refractivity contribution in [2.24, 2.45) is 16.7 Å². The Bertz CT molecular complexity index is 791. The zero-order valence-electron chi connectivity index (χ0n) is 17.6. The number of carbonyl (C=O) groups is 2. The molecule has 30 heavy (non-hydrogen) atoms. The first-order valence-corrected chi connectivity index (χ1v) is 10.3. The second-order valence-electron chi connectivity index (χ2n) is 9.77. The van der Waals surface area contributed by atoms with E-state index >= 15 is 0 Å². The number of Topliss-reactive ketones (excluding diaryl/α,β-unsaturated/α-hetero) is 1. The number of alkyl halides is 3. The number of anilines is 1. The van der Waals surface area contributed by atoms with Crippen LogP contribution in [-0.2, 0) is 9.59 Å². The van der Waals surface area contributed by atoms with Gasteiger partial charge in [-0.05, 0) is 48.8 Å². The van der Waals surface area contributed by atoms with Gasteiger partial charge in [-0.15, -0.1) is 0 Å². The van der Waals surface area contributed by atoms with Crippen molar-refractivity contribution in [2.45, 2.75) is 65.2 Å². The molecule has 1 saturated heterocycles. The molecule has 0 aromatic heterocycles. The van der Waals surface area contributed by atoms with Crippen molar-refractivity contribution >= 4 is 17.4 Å². The smallest absolute Gasteiger partial charge is 0.379 e. The van der Waals surface area contributed by atoms with E-state index in [1.807, 2.05) is 20.8 Å². The molecule has 1 spiro atoms. The third-order valence-corrected chi connectivity index (χ3v) is 6.11. The number of ketones is 1. The molecule has 0 bridgehead atoms. The second kappa shape index (κ2) is 7.96. The van der Waals surface area contributed by atoms with Gasteiger partial charge in [0.1, 0.15) is 5.78 Å². The van der Waals surface area contributed by atoms with Gasteiger partial charge in [0.2, 0.25) is 5.91 Å². The summed E-state index contributed by atoms with van der Waals surface area (Å²) >= 11 is 0. The molecular weight excluding hydrogens is 397 g/mol. The third kappa shape index (κ3) is 4.70. The normalized spacial score (nSPS) is 26.3. The molecule has 1 aliphatic heterocycles. The van der Waals surface area contributed by atoms with Crippen LogP contribution in [0.4, 0.5) is 18.9 Å². The SMILES string of the molecule is CC(C)(C)CC(=O)C1CCC2(CC1)CNN(c1ccc(C(O)C(F)(F)F)cc1)C2=O. The molecule has 1 atom stereocenters. The Morgan fingerprint density at radius 2 is 1.77 bits per heavy atom. The second-order valence-corrected chi connectivity index (χ2v) is 9.77. The van der Waals surface area contributed by atoms with E-state index in [0.29, 0.717) is 44.3 Å². The number of aliphatic hydroxyl groups excluding tert-OH is 1. The minimum atomic E-state index is -4.74. The van der Waals surface area contributed by atoms with Crippen LogP contribution in [-0.4, -0.2) is 29.5 Å². The van der Waals surface area contributed by atoms with Crippen LogP contribution in [0.5, 0.6) is 0 Å². The third-order valence-electron chi connectivity index (χ3n) is 6.11. The van der Waals surface area contributed by atoms with Crippen LogP contribution >= 0.6 is 0 Å². The van der Waals surface area contributed by atoms with E-state index in [0.717, 1.165) is 0 Å². The van der Waals surface area contributed by atoms with Crippen LogP contribution in [0.1, 0.15) is 64.5 Å². The molecule has 5 nitrogen and oxygen atoms in total. The Morgan fingerprint density at radius 1 is 1.20 bits per heavy atom. The summed E-state index contributed by atoms with van der Waals surface area (Å²) in [5, 5.41) is 10.7. The van der Waals surface area contributed by atoms with Crippen LogP contribution in [0.3, 0.4) is 0 Å². The van der Waals surface area contributed by atoms with Gasteiger partial charge >= 0.3 is 6.18 Å². The molecule has 1 unspecified atom stereocenters. The van der Waals surface area contributed by atoms with Gasteiger partial charge < -0.3 is 5.11 Å². The molecule has 1 saturated carbocycles. The Kier molecular flexibility index (Phi) is 6.04. The lowest BCUT2D eigenvalue weighted by Crippen LogP contribution is -2.40. The molecule has 0 radical (unpaired) electrons. The van der Waals surface area contributed by atoms with Gasteiger partial charge in [0.15, 0.2) is 6.10 Å². The minimum absolute atomic E-state index is 0.0140. The van der Waals surface area contributed by atoms with Crippen LogP contribution in [0.25, 0.3) is 0 Å². The van der Waals surface area contributed by atoms with Crippen LogP contribution in [0.2, 0.25) is 0 Å². The average molecular weight is 426 g/mol. The fraction of sp³-hybridized carbons (Fsp3) is 0.636. The highest BCUT2D eigenvalue weighted by Gasteiger charge is 2.50. The lowest BCUT2D eigenvalue weighted by atomic mass is 9.68. The van der Waals surface area contributed by atoms with Gasteiger partial charge in [-0.1, -0.05) is 32.9 Å². The summed E-state index contributed by atoms with van der Waals surface area (Å²) in [6.07, 6.45) is -4.20. The Hall–Kier alpha value is -1.93. The zero-order chi connectivity index (χ0) is 22.3. The van der Waals surface area contributed by atoms with Gasteiger partial charge in [-0.3, -0.25) is 9.59 Å². The Balaban J connectivity index is 1.65. The molecule has 1 amide bonds. The molecular formula is C22H29F3N2O3. The Labute approximate surface area is 174 Å². The number of amides is 1. The van der Waals surface area contributed by atoms with Crippen LogP contribution in [0, 0.1) is 16.7 Å². The highest BCUT2D eigenvalue weighted by atomic mass is 19.4. The highest BCUT2D eigenvalue weighted by molar-refractivity contribution is 5.99. The largest absolute Gasteiger partial charge is 0.418 e. The molecule has 1 aromatic carbocycles. The fourth-order valence-electron chi connectivity index (χ4n) is 4.37. The number of halogens is 3. The topological polar surface area (TPSA) is 69.6 Å². The molecule has 1 heterocycles. The molecule has 1 aromatic rings. The number of nitrogens with zero attached hydrogens (tertiary/aromatic N) is 1. The Morgan fingerprint density at radius 3 is 2.27 bits per heavy atom. The average Bonchev–Trinajstić information content (AvgIpc) is 2.96. The monoisotopic (exact) mass is 426 g/mol. The summed E-state index contributed by atoms with van der Waals surface area (Å²) in [6.45, 7) is 6.56. The standard InChI is InChI=1S/C22H29F3N2O3/c1-20(2,3)12-17(28)14-8-10-21(11-9-14)13-26-27(19(21)30)16-6-4-15(5-7-16)18(29)22(23,24)25/h4-7,14,18,26,29H,8-13H2,1-3H3. The molecule has 8 heteroatoms. The van der Waals surface area contributed by atoms with Gasteiger partial charge in [-0.2, -0.15) is 13.2 Å². The van der Waals surface area contributed by atoms with E-state index in [1.54, 1.807) is 0 Å². The lowest BCUT2D eigenvalue weighted by Gasteiger charge is -2.35. The fourth-order valence-corrected chi connectivity index (χ4v) is 4.37. The molecule has 2 aliphatic rings. The predicted molar refractivity (Wildman–Crippen MR) is 106 cm³/mol. The first-order valence-electron chi connectivity index (χ1n) is 10.3. The van der Waals surface area contributed by atoms with E-state index < -0.39 is 17.7 Å². The molecule has 2 N–H and O–H groups in total. The number of carbonyl (C=O) groups excluding carboxylic acids is 2. The van der Waals surface area contributed by atoms with E-state index in [4.69, 9.17) is 0 Å². The number of rotatable bonds is 4. The summed E-state index contributed by atoms with van der Waals surface area (Å²) in [6, 6.07) is 5.14. The summed E-state index contributed by atoms with van der Waals surface area (Å²) in [5.41, 5.74) is 2.58. The molecule has 2 fully saturated rings. The molecule has 3 rings (SSSR count). The predicted octanol–water partition coefficient (Wildman–Crippen LogP) is 4.32. The van der Waals surface area contributed by atoms with Crippen LogP contribution < -0.4 is 10.4 Å². The van der Waals surface area contributed by atoms with Gasteiger partial charge in [0.25, 0.3) is 0 Å². The first-order chi connectivity index (χ1) is 13.8. The van der Waals surface area contributed by atoms with Gasteiger partial charge in [0, 0.05) is 18.9 Å². The lowest BCUT2D eigenvalue weighted by molar-refractivity contribution is -0.206. The number of hydrogen-bond acceptors (Lipinski definition) is 4. The zero-order valence-corrected chi connectivity index (χ0v) is 17.6. The van der Waals surface area contributed by atoms with E-state index in [9.17, 15) is 27.9 Å². The van der Waals surface area contributed by atoms with Crippen molar-refractivity contribution < 1.29 is 27.9 Å². The highest BCUT2D eigenvalue weighted by Crippen LogP contribution is 2.44. The summed E-state index contributed by atoms with van der Waals surface area (Å²) in [5.74, 6) is 0.125. The van der Waals surface area contributed by atoms with Crippen molar-refractivity contribution in [1.82, 2.24) is 5.43 Å². The number of benzene rings is 1. The summed E-state index contributed by atoms with van der Waals surface area (Å²) in [7, 11) is 0. The number of hydrogen-bond donors (Lipinski definition) is 2. The van der Waals surface area contributed by atoms with E-state index in [1.165, 1.54) is 29.3 Å². The number of nitrogens with one attached hydrogen (secondary N) is 1. The minimum Gasteiger partial charge on any atom is -0.379 e. The van der Waals surface area contributed by atoms with Crippen molar-refractivity contribution in [3.8, 4) is 0 Å². The van der Waals surface area contributed by atoms with Crippen molar-refractivity contribution in [3.63, 3.8) is 0 Å². The van der Waals surface area contributed by atoms with Crippen LogP contribution in [0.15, 0.2) is 24.3 Å². The maximum absolute atomic E-state index is 13.1. The van der Waals surface area contributed by atoms with Crippen molar-refractivity contribution in [1.29, 1.82) is 0 Å². The molecule has 166 valence electrons. The van der Waals surface area contributed by atoms with E-state index in [-0.39, 0.29) is 28.6 Å².